The van der Waals surface area contributed by atoms with Crippen LogP contribution in [0.2, 0.25) is 5.02 Å². The van der Waals surface area contributed by atoms with Gasteiger partial charge in [-0.05, 0) is 52.7 Å². The van der Waals surface area contributed by atoms with Crippen LogP contribution in [0.1, 0.15) is 10.4 Å². The number of benzene rings is 3. The lowest BCUT2D eigenvalue weighted by Crippen LogP contribution is -2.50. The van der Waals surface area contributed by atoms with Crippen LogP contribution in [0.3, 0.4) is 0 Å². The Hall–Kier alpha value is -3.40. The van der Waals surface area contributed by atoms with Crippen molar-refractivity contribution in [3.8, 4) is 11.3 Å². The van der Waals surface area contributed by atoms with Crippen LogP contribution in [0.4, 0.5) is 5.95 Å². The van der Waals surface area contributed by atoms with Crippen molar-refractivity contribution < 1.29 is 13.2 Å². The summed E-state index contributed by atoms with van der Waals surface area (Å²) in [6.07, 6.45) is 1.64. The van der Waals surface area contributed by atoms with Crippen LogP contribution in [-0.4, -0.2) is 59.7 Å². The highest BCUT2D eigenvalue weighted by molar-refractivity contribution is 7.89. The van der Waals surface area contributed by atoms with E-state index in [9.17, 15) is 13.2 Å². The van der Waals surface area contributed by atoms with Crippen molar-refractivity contribution in [2.75, 3.05) is 31.9 Å². The van der Waals surface area contributed by atoms with Gasteiger partial charge in [0.1, 0.15) is 0 Å². The number of nitrogens with two attached hydrogens (primary N) is 1. The number of H-pyrrole nitrogens is 1. The number of aromatic nitrogens is 2. The summed E-state index contributed by atoms with van der Waals surface area (Å²) in [7, 11) is -3.67. The van der Waals surface area contributed by atoms with E-state index < -0.39 is 10.0 Å². The van der Waals surface area contributed by atoms with E-state index in [1.807, 2.05) is 12.1 Å². The predicted molar refractivity (Wildman–Crippen MR) is 132 cm³/mol. The largest absolute Gasteiger partial charge is 0.369 e. The Kier molecular flexibility index (Phi) is 5.76. The maximum absolute atomic E-state index is 13.2. The molecule has 174 valence electrons. The number of hydrogen-bond donors (Lipinski definition) is 2. The monoisotopic (exact) mass is 495 g/mol. The van der Waals surface area contributed by atoms with E-state index in [2.05, 4.69) is 9.97 Å². The molecule has 0 bridgehead atoms. The number of piperazine rings is 1. The molecule has 1 aliphatic heterocycles. The van der Waals surface area contributed by atoms with Gasteiger partial charge in [-0.15, -0.1) is 0 Å². The molecule has 0 saturated carbocycles. The second kappa shape index (κ2) is 8.75. The molecule has 1 fully saturated rings. The number of nitrogens with zero attached hydrogens (tertiary/aromatic N) is 3. The maximum atomic E-state index is 13.2. The predicted octanol–water partition coefficient (Wildman–Crippen LogP) is 3.61. The van der Waals surface area contributed by atoms with E-state index in [0.29, 0.717) is 29.6 Å². The van der Waals surface area contributed by atoms with E-state index in [0.717, 1.165) is 22.0 Å². The molecule has 3 aromatic carbocycles. The van der Waals surface area contributed by atoms with Crippen molar-refractivity contribution in [1.82, 2.24) is 19.2 Å². The average molecular weight is 496 g/mol. The molecule has 1 amide bonds. The van der Waals surface area contributed by atoms with Crippen LogP contribution in [0.15, 0.2) is 71.8 Å². The first kappa shape index (κ1) is 22.4. The molecule has 0 spiro atoms. The highest BCUT2D eigenvalue weighted by atomic mass is 35.5. The first-order valence-corrected chi connectivity index (χ1v) is 12.5. The van der Waals surface area contributed by atoms with Crippen molar-refractivity contribution in [3.63, 3.8) is 0 Å². The van der Waals surface area contributed by atoms with Crippen molar-refractivity contribution in [3.05, 3.63) is 77.4 Å². The van der Waals surface area contributed by atoms with Gasteiger partial charge in [-0.2, -0.15) is 4.31 Å². The highest BCUT2D eigenvalue weighted by Crippen LogP contribution is 2.25. The number of fused-ring (bicyclic) bond motifs is 1. The molecule has 8 nitrogen and oxygen atoms in total. The third-order valence-electron chi connectivity index (χ3n) is 5.98. The van der Waals surface area contributed by atoms with Crippen molar-refractivity contribution in [2.45, 2.75) is 4.90 Å². The average Bonchev–Trinajstić information content (AvgIpc) is 3.29. The number of hydrogen-bond acceptors (Lipinski definition) is 5. The number of sulfonamides is 1. The molecule has 10 heteroatoms. The topological polar surface area (TPSA) is 112 Å². The lowest BCUT2D eigenvalue weighted by atomic mass is 10.1. The fourth-order valence-electron chi connectivity index (χ4n) is 4.09. The summed E-state index contributed by atoms with van der Waals surface area (Å²) in [4.78, 5) is 21.8. The standard InChI is InChI=1S/C24H22ClN5O3S/c25-20-7-5-19-14-21(8-6-18(19)13-20)34(32,33)30-11-9-29(10-12-30)23(31)17-3-1-16(2-4-17)22-15-27-24(26)28-22/h1-8,13-15H,9-12H2,(H3,26,27,28). The summed E-state index contributed by atoms with van der Waals surface area (Å²) in [5.74, 6) is 0.200. The zero-order valence-corrected chi connectivity index (χ0v) is 19.7. The van der Waals surface area contributed by atoms with Crippen LogP contribution >= 0.6 is 11.6 Å². The Labute approximate surface area is 202 Å². The molecule has 4 aromatic rings. The van der Waals surface area contributed by atoms with Crippen molar-refractivity contribution in [1.29, 1.82) is 0 Å². The van der Waals surface area contributed by atoms with Gasteiger partial charge >= 0.3 is 0 Å². The van der Waals surface area contributed by atoms with Gasteiger partial charge in [0.2, 0.25) is 10.0 Å². The quantitative estimate of drug-likeness (QED) is 0.449. The van der Waals surface area contributed by atoms with Gasteiger partial charge in [0.25, 0.3) is 5.91 Å². The normalized spacial score (nSPS) is 15.0. The smallest absolute Gasteiger partial charge is 0.253 e. The zero-order valence-electron chi connectivity index (χ0n) is 18.1. The number of anilines is 1. The molecule has 1 saturated heterocycles. The van der Waals surface area contributed by atoms with Gasteiger partial charge in [-0.1, -0.05) is 35.9 Å². The summed E-state index contributed by atoms with van der Waals surface area (Å²) in [5.41, 5.74) is 7.80. The second-order valence-electron chi connectivity index (χ2n) is 8.11. The molecular weight excluding hydrogens is 474 g/mol. The second-order valence-corrected chi connectivity index (χ2v) is 10.5. The molecular formula is C24H22ClN5O3S. The number of aromatic amines is 1. The third kappa shape index (κ3) is 4.25. The van der Waals surface area contributed by atoms with Crippen LogP contribution in [0.5, 0.6) is 0 Å². The first-order valence-electron chi connectivity index (χ1n) is 10.7. The van der Waals surface area contributed by atoms with Crippen LogP contribution in [-0.2, 0) is 10.0 Å². The van der Waals surface area contributed by atoms with Crippen LogP contribution in [0.25, 0.3) is 22.0 Å². The highest BCUT2D eigenvalue weighted by Gasteiger charge is 2.30. The van der Waals surface area contributed by atoms with E-state index in [-0.39, 0.29) is 23.9 Å². The Morgan fingerprint density at radius 2 is 1.62 bits per heavy atom. The number of rotatable bonds is 4. The van der Waals surface area contributed by atoms with E-state index in [1.165, 1.54) is 4.31 Å². The van der Waals surface area contributed by atoms with Gasteiger partial charge in [0.15, 0.2) is 5.95 Å². The zero-order chi connectivity index (χ0) is 23.9. The number of carbonyl (C=O) groups is 1. The first-order chi connectivity index (χ1) is 16.3. The number of halogens is 1. The Morgan fingerprint density at radius 3 is 2.29 bits per heavy atom. The Balaban J connectivity index is 1.26. The molecule has 3 N–H and O–H groups in total. The fraction of sp³-hybridized carbons (Fsp3) is 0.167. The van der Waals surface area contributed by atoms with Gasteiger partial charge < -0.3 is 15.6 Å². The van der Waals surface area contributed by atoms with Crippen LogP contribution in [0, 0.1) is 0 Å². The molecule has 1 aliphatic rings. The van der Waals surface area contributed by atoms with Gasteiger partial charge in [0.05, 0.1) is 16.8 Å². The maximum Gasteiger partial charge on any atom is 0.253 e. The summed E-state index contributed by atoms with van der Waals surface area (Å²) in [6, 6.07) is 17.5. The molecule has 0 unspecified atom stereocenters. The van der Waals surface area contributed by atoms with E-state index in [4.69, 9.17) is 17.3 Å². The number of nitrogens with one attached hydrogen (secondary N) is 1. The minimum atomic E-state index is -3.67. The summed E-state index contributed by atoms with van der Waals surface area (Å²) < 4.78 is 27.8. The van der Waals surface area contributed by atoms with Crippen molar-refractivity contribution >= 4 is 44.3 Å². The number of amides is 1. The SMILES string of the molecule is Nc1ncc(-c2ccc(C(=O)N3CCN(S(=O)(=O)c4ccc5cc(Cl)ccc5c4)CC3)cc2)[nH]1. The number of carbonyl (C=O) groups excluding carboxylic acids is 1. The van der Waals surface area contributed by atoms with Gasteiger partial charge in [-0.25, -0.2) is 13.4 Å². The molecule has 1 aromatic heterocycles. The van der Waals surface area contributed by atoms with Crippen LogP contribution < -0.4 is 5.73 Å². The molecule has 2 heterocycles. The third-order valence-corrected chi connectivity index (χ3v) is 8.11. The molecule has 0 radical (unpaired) electrons. The lowest BCUT2D eigenvalue weighted by molar-refractivity contribution is 0.0698. The minimum Gasteiger partial charge on any atom is -0.369 e. The summed E-state index contributed by atoms with van der Waals surface area (Å²) >= 11 is 6.02. The minimum absolute atomic E-state index is 0.129. The Bertz CT molecular complexity index is 1480. The summed E-state index contributed by atoms with van der Waals surface area (Å²) in [6.45, 7) is 1.11. The molecule has 0 atom stereocenters. The van der Waals surface area contributed by atoms with Gasteiger partial charge in [-0.3, -0.25) is 4.79 Å². The fourth-order valence-corrected chi connectivity index (χ4v) is 5.73. The van der Waals surface area contributed by atoms with Gasteiger partial charge in [0, 0.05) is 36.8 Å². The van der Waals surface area contributed by atoms with E-state index in [1.54, 1.807) is 59.6 Å². The lowest BCUT2D eigenvalue weighted by Gasteiger charge is -2.34. The number of imidazole rings is 1. The molecule has 5 rings (SSSR count). The Morgan fingerprint density at radius 1 is 0.941 bits per heavy atom. The van der Waals surface area contributed by atoms with E-state index >= 15 is 0 Å². The number of nitrogen functional groups attached to an aromatic ring is 1. The molecule has 34 heavy (non-hydrogen) atoms. The molecule has 0 aliphatic carbocycles. The summed E-state index contributed by atoms with van der Waals surface area (Å²) in [5, 5.41) is 2.29. The van der Waals surface area contributed by atoms with Crippen molar-refractivity contribution in [2.24, 2.45) is 0 Å².